The molecule has 0 aliphatic rings. The fourth-order valence-corrected chi connectivity index (χ4v) is 0.140. The van der Waals surface area contributed by atoms with Crippen LogP contribution in [0, 0.1) is 0 Å². The van der Waals surface area contributed by atoms with Gasteiger partial charge in [0.05, 0.1) is 6.21 Å². The molecule has 0 aromatic rings. The first-order valence-corrected chi connectivity index (χ1v) is 1.82. The number of nitrogens with zero attached hydrogens (tertiary/aromatic N) is 1. The molecule has 0 aromatic carbocycles. The van der Waals surface area contributed by atoms with Crippen molar-refractivity contribution in [2.75, 3.05) is 0 Å². The van der Waals surface area contributed by atoms with Gasteiger partial charge in [0.25, 0.3) is 0 Å². The number of aliphatic imine (C=N–C) groups is 1. The van der Waals surface area contributed by atoms with E-state index in [1.807, 2.05) is 0 Å². The molecule has 0 unspecified atom stereocenters. The third-order valence-electron chi connectivity index (χ3n) is 0.335. The predicted octanol–water partition coefficient (Wildman–Crippen LogP) is -1.55. The normalized spacial score (nSPS) is 10.9. The van der Waals surface area contributed by atoms with Gasteiger partial charge in [0.15, 0.2) is 6.29 Å². The molecule has 0 bridgehead atoms. The predicted molar refractivity (Wildman–Crippen MR) is 26.3 cm³/mol. The SMILES string of the molecule is NC(=O)N=CC(O)O. The number of carbonyl (C=O) groups is 1. The van der Waals surface area contributed by atoms with E-state index in [-0.39, 0.29) is 0 Å². The molecule has 0 fully saturated rings. The summed E-state index contributed by atoms with van der Waals surface area (Å²) in [6, 6.07) is -0.946. The van der Waals surface area contributed by atoms with Gasteiger partial charge in [-0.2, -0.15) is 0 Å². The number of hydrogen-bond donors (Lipinski definition) is 3. The second-order valence-corrected chi connectivity index (χ2v) is 1.03. The highest BCUT2D eigenvalue weighted by Crippen LogP contribution is 1.68. The molecule has 0 aliphatic carbocycles. The number of rotatable bonds is 1. The highest BCUT2D eigenvalue weighted by atomic mass is 16.5. The number of urea groups is 1. The maximum Gasteiger partial charge on any atom is 0.338 e. The molecule has 0 rings (SSSR count). The number of amides is 2. The highest BCUT2D eigenvalue weighted by Gasteiger charge is 1.88. The Balaban J connectivity index is 3.50. The summed E-state index contributed by atoms with van der Waals surface area (Å²) in [5, 5.41) is 16.0. The summed E-state index contributed by atoms with van der Waals surface area (Å²) in [5.41, 5.74) is 4.48. The van der Waals surface area contributed by atoms with Crippen molar-refractivity contribution in [1.29, 1.82) is 0 Å². The number of aliphatic hydroxyl groups excluding tert-OH is 1. The maximum absolute atomic E-state index is 9.71. The Morgan fingerprint density at radius 1 is 1.75 bits per heavy atom. The summed E-state index contributed by atoms with van der Waals surface area (Å²) in [4.78, 5) is 12.5. The van der Waals surface area contributed by atoms with E-state index in [0.717, 1.165) is 0 Å². The summed E-state index contributed by atoms with van der Waals surface area (Å²) < 4.78 is 0. The smallest absolute Gasteiger partial charge is 0.338 e. The zero-order chi connectivity index (χ0) is 6.57. The van der Waals surface area contributed by atoms with Crippen molar-refractivity contribution < 1.29 is 15.0 Å². The lowest BCUT2D eigenvalue weighted by molar-refractivity contribution is 0.0239. The summed E-state index contributed by atoms with van der Waals surface area (Å²) in [7, 11) is 0. The number of nitrogens with two attached hydrogens (primary N) is 1. The second-order valence-electron chi connectivity index (χ2n) is 1.03. The van der Waals surface area contributed by atoms with Crippen LogP contribution in [0.1, 0.15) is 0 Å². The molecule has 0 saturated heterocycles. The Morgan fingerprint density at radius 3 is 2.38 bits per heavy atom. The van der Waals surface area contributed by atoms with Gasteiger partial charge in [0, 0.05) is 0 Å². The average Bonchev–Trinajstić information content (AvgIpc) is 1.61. The lowest BCUT2D eigenvalue weighted by Gasteiger charge is -1.87. The first kappa shape index (κ1) is 7.06. The van der Waals surface area contributed by atoms with Crippen molar-refractivity contribution in [1.82, 2.24) is 0 Å². The van der Waals surface area contributed by atoms with Gasteiger partial charge in [-0.05, 0) is 0 Å². The lowest BCUT2D eigenvalue weighted by atomic mass is 10.7. The van der Waals surface area contributed by atoms with Crippen LogP contribution in [0.4, 0.5) is 4.79 Å². The first-order chi connectivity index (χ1) is 3.63. The minimum Gasteiger partial charge on any atom is -0.364 e. The van der Waals surface area contributed by atoms with Crippen molar-refractivity contribution in [2.45, 2.75) is 6.29 Å². The van der Waals surface area contributed by atoms with Crippen LogP contribution < -0.4 is 5.73 Å². The minimum absolute atomic E-state index is 0.627. The molecule has 46 valence electrons. The first-order valence-electron chi connectivity index (χ1n) is 1.82. The summed E-state index contributed by atoms with van der Waals surface area (Å²) in [5.74, 6) is 0. The van der Waals surface area contributed by atoms with Crippen LogP contribution in [0.15, 0.2) is 4.99 Å². The van der Waals surface area contributed by atoms with Gasteiger partial charge in [0.2, 0.25) is 0 Å². The molecular formula is C3H6N2O3. The molecule has 0 heterocycles. The summed E-state index contributed by atoms with van der Waals surface area (Å²) in [6.07, 6.45) is -1.08. The molecule has 0 radical (unpaired) electrons. The van der Waals surface area contributed by atoms with E-state index in [0.29, 0.717) is 6.21 Å². The fourth-order valence-electron chi connectivity index (χ4n) is 0.140. The quantitative estimate of drug-likeness (QED) is 0.287. The molecule has 0 saturated carbocycles. The van der Waals surface area contributed by atoms with Crippen LogP contribution in [-0.2, 0) is 0 Å². The van der Waals surface area contributed by atoms with Crippen LogP contribution in [-0.4, -0.2) is 28.7 Å². The molecule has 0 aliphatic heterocycles. The number of primary amides is 1. The Kier molecular flexibility index (Phi) is 2.75. The second kappa shape index (κ2) is 3.11. The van der Waals surface area contributed by atoms with Crippen LogP contribution in [0.5, 0.6) is 0 Å². The van der Waals surface area contributed by atoms with Gasteiger partial charge in [-0.1, -0.05) is 0 Å². The van der Waals surface area contributed by atoms with E-state index in [4.69, 9.17) is 10.2 Å². The Morgan fingerprint density at radius 2 is 2.25 bits per heavy atom. The topological polar surface area (TPSA) is 95.9 Å². The van der Waals surface area contributed by atoms with Crippen molar-refractivity contribution in [2.24, 2.45) is 10.7 Å². The van der Waals surface area contributed by atoms with Gasteiger partial charge in [-0.3, -0.25) is 0 Å². The Hall–Kier alpha value is -0.940. The van der Waals surface area contributed by atoms with E-state index in [9.17, 15) is 4.79 Å². The van der Waals surface area contributed by atoms with Crippen molar-refractivity contribution in [3.63, 3.8) is 0 Å². The zero-order valence-electron chi connectivity index (χ0n) is 3.98. The van der Waals surface area contributed by atoms with Crippen molar-refractivity contribution in [3.05, 3.63) is 0 Å². The van der Waals surface area contributed by atoms with E-state index < -0.39 is 12.3 Å². The average molecular weight is 118 g/mol. The van der Waals surface area contributed by atoms with Crippen molar-refractivity contribution >= 4 is 12.2 Å². The maximum atomic E-state index is 9.71. The van der Waals surface area contributed by atoms with Gasteiger partial charge >= 0.3 is 6.03 Å². The summed E-state index contributed by atoms with van der Waals surface area (Å²) >= 11 is 0. The molecular weight excluding hydrogens is 112 g/mol. The largest absolute Gasteiger partial charge is 0.364 e. The van der Waals surface area contributed by atoms with Gasteiger partial charge < -0.3 is 15.9 Å². The van der Waals surface area contributed by atoms with Crippen LogP contribution in [0.3, 0.4) is 0 Å². The fraction of sp³-hybridized carbons (Fsp3) is 0.333. The zero-order valence-corrected chi connectivity index (χ0v) is 3.98. The summed E-state index contributed by atoms with van der Waals surface area (Å²) in [6.45, 7) is 0. The van der Waals surface area contributed by atoms with Crippen molar-refractivity contribution in [3.8, 4) is 0 Å². The number of aliphatic hydroxyl groups is 2. The molecule has 4 N–H and O–H groups in total. The number of hydrogen-bond acceptors (Lipinski definition) is 3. The monoisotopic (exact) mass is 118 g/mol. The van der Waals surface area contributed by atoms with E-state index in [1.165, 1.54) is 0 Å². The lowest BCUT2D eigenvalue weighted by Crippen LogP contribution is -2.10. The Labute approximate surface area is 45.5 Å². The molecule has 0 spiro atoms. The van der Waals surface area contributed by atoms with Crippen LogP contribution >= 0.6 is 0 Å². The van der Waals surface area contributed by atoms with Crippen LogP contribution in [0.25, 0.3) is 0 Å². The Bertz CT molecular complexity index is 109. The van der Waals surface area contributed by atoms with E-state index >= 15 is 0 Å². The standard InChI is InChI=1S/C3H6N2O3/c4-3(8)5-1-2(6)7/h1-2,6-7H,(H2,4,8). The van der Waals surface area contributed by atoms with E-state index in [1.54, 1.807) is 0 Å². The third kappa shape index (κ3) is 5.06. The molecule has 0 atom stereocenters. The molecule has 5 nitrogen and oxygen atoms in total. The molecule has 5 heteroatoms. The van der Waals surface area contributed by atoms with Gasteiger partial charge in [-0.15, -0.1) is 0 Å². The molecule has 8 heavy (non-hydrogen) atoms. The third-order valence-corrected chi connectivity index (χ3v) is 0.335. The highest BCUT2D eigenvalue weighted by molar-refractivity contribution is 5.82. The molecule has 0 aromatic heterocycles. The van der Waals surface area contributed by atoms with E-state index in [2.05, 4.69) is 10.7 Å². The molecule has 2 amide bonds. The van der Waals surface area contributed by atoms with Gasteiger partial charge in [-0.25, -0.2) is 9.79 Å². The van der Waals surface area contributed by atoms with Crippen LogP contribution in [0.2, 0.25) is 0 Å². The minimum atomic E-state index is -1.71. The number of carbonyl (C=O) groups excluding carboxylic acids is 1. The van der Waals surface area contributed by atoms with Gasteiger partial charge in [0.1, 0.15) is 0 Å².